The van der Waals surface area contributed by atoms with Crippen LogP contribution in [0, 0.1) is 0 Å². The van der Waals surface area contributed by atoms with Crippen LogP contribution in [-0.2, 0) is 4.74 Å². The van der Waals surface area contributed by atoms with Crippen LogP contribution in [0.25, 0.3) is 0 Å². The molecule has 0 radical (unpaired) electrons. The van der Waals surface area contributed by atoms with Crippen molar-refractivity contribution in [2.75, 3.05) is 6.61 Å². The summed E-state index contributed by atoms with van der Waals surface area (Å²) in [5.74, 6) is 0. The Morgan fingerprint density at radius 3 is 2.53 bits per heavy atom. The first kappa shape index (κ1) is 16.4. The summed E-state index contributed by atoms with van der Waals surface area (Å²) >= 11 is 0. The topological polar surface area (TPSA) is 46.5 Å². The SMILES string of the molecule is CC(C)=C[SiH2]C[Si](C)(C)CCCCOC(=O)O. The third-order valence-electron chi connectivity index (χ3n) is 2.85. The van der Waals surface area contributed by atoms with Gasteiger partial charge in [-0.2, -0.15) is 0 Å². The van der Waals surface area contributed by atoms with E-state index in [-0.39, 0.29) is 9.52 Å². The maximum Gasteiger partial charge on any atom is 0.505 e. The average molecular weight is 275 g/mol. The second kappa shape index (κ2) is 8.52. The van der Waals surface area contributed by atoms with Gasteiger partial charge in [-0.1, -0.05) is 36.8 Å². The van der Waals surface area contributed by atoms with E-state index < -0.39 is 14.2 Å². The molecule has 0 aromatic heterocycles. The van der Waals surface area contributed by atoms with Crippen molar-refractivity contribution >= 4 is 23.7 Å². The molecular weight excluding hydrogens is 248 g/mol. The quantitative estimate of drug-likeness (QED) is 0.420. The Hall–Kier alpha value is -0.556. The van der Waals surface area contributed by atoms with E-state index in [9.17, 15) is 4.79 Å². The van der Waals surface area contributed by atoms with Crippen LogP contribution < -0.4 is 0 Å². The Morgan fingerprint density at radius 2 is 2.00 bits per heavy atom. The van der Waals surface area contributed by atoms with Crippen LogP contribution in [0.2, 0.25) is 24.8 Å². The van der Waals surface area contributed by atoms with Gasteiger partial charge in [0, 0.05) is 17.6 Å². The van der Waals surface area contributed by atoms with Gasteiger partial charge in [0.05, 0.1) is 6.61 Å². The molecule has 0 aliphatic heterocycles. The van der Waals surface area contributed by atoms with E-state index in [4.69, 9.17) is 5.11 Å². The molecule has 0 saturated heterocycles. The summed E-state index contributed by atoms with van der Waals surface area (Å²) in [7, 11) is -1.05. The number of allylic oxidation sites excluding steroid dienone is 1. The van der Waals surface area contributed by atoms with Crippen molar-refractivity contribution in [3.8, 4) is 0 Å². The van der Waals surface area contributed by atoms with Gasteiger partial charge in [-0.05, 0) is 20.3 Å². The van der Waals surface area contributed by atoms with E-state index in [1.807, 2.05) is 0 Å². The van der Waals surface area contributed by atoms with Gasteiger partial charge in [-0.3, -0.25) is 0 Å². The monoisotopic (exact) mass is 274 g/mol. The third kappa shape index (κ3) is 11.7. The molecule has 0 saturated carbocycles. The number of rotatable bonds is 8. The molecule has 0 aromatic rings. The minimum absolute atomic E-state index is 0.0184. The highest BCUT2D eigenvalue weighted by molar-refractivity contribution is 6.84. The number of unbranched alkanes of at least 4 members (excludes halogenated alkanes) is 1. The van der Waals surface area contributed by atoms with Gasteiger partial charge in [0.15, 0.2) is 0 Å². The molecule has 0 rings (SSSR count). The van der Waals surface area contributed by atoms with E-state index in [1.165, 1.54) is 17.3 Å². The van der Waals surface area contributed by atoms with Crippen LogP contribution in [0.4, 0.5) is 4.79 Å². The van der Waals surface area contributed by atoms with Gasteiger partial charge in [-0.25, -0.2) is 4.79 Å². The zero-order chi connectivity index (χ0) is 13.3. The van der Waals surface area contributed by atoms with Crippen LogP contribution in [0.5, 0.6) is 0 Å². The molecule has 0 spiro atoms. The molecule has 0 heterocycles. The summed E-state index contributed by atoms with van der Waals surface area (Å²) in [5.41, 5.74) is 5.36. The van der Waals surface area contributed by atoms with Gasteiger partial charge < -0.3 is 9.84 Å². The molecule has 17 heavy (non-hydrogen) atoms. The smallest absolute Gasteiger partial charge is 0.450 e. The first-order valence-electron chi connectivity index (χ1n) is 6.32. The van der Waals surface area contributed by atoms with Gasteiger partial charge >= 0.3 is 6.16 Å². The van der Waals surface area contributed by atoms with Crippen molar-refractivity contribution < 1.29 is 14.6 Å². The first-order valence-corrected chi connectivity index (χ1v) is 11.6. The van der Waals surface area contributed by atoms with Gasteiger partial charge in [0.2, 0.25) is 0 Å². The summed E-state index contributed by atoms with van der Waals surface area (Å²) < 4.78 is 4.50. The second-order valence-electron chi connectivity index (χ2n) is 5.56. The van der Waals surface area contributed by atoms with E-state index in [0.29, 0.717) is 6.61 Å². The van der Waals surface area contributed by atoms with Crippen molar-refractivity contribution in [1.29, 1.82) is 0 Å². The Balaban J connectivity index is 3.63. The molecule has 100 valence electrons. The first-order chi connectivity index (χ1) is 7.83. The maximum absolute atomic E-state index is 10.2. The van der Waals surface area contributed by atoms with Crippen LogP contribution in [0.1, 0.15) is 26.7 Å². The van der Waals surface area contributed by atoms with Crippen LogP contribution in [0.3, 0.4) is 0 Å². The van der Waals surface area contributed by atoms with E-state index in [2.05, 4.69) is 37.4 Å². The molecule has 0 atom stereocenters. The van der Waals surface area contributed by atoms with Gasteiger partial charge in [0.1, 0.15) is 0 Å². The molecule has 0 fully saturated rings. The van der Waals surface area contributed by atoms with Gasteiger partial charge in [-0.15, -0.1) is 5.70 Å². The number of hydrogen-bond acceptors (Lipinski definition) is 2. The standard InChI is InChI=1S/C12H26O3Si2/c1-11(2)9-16-10-17(3,4)8-6-5-7-15-12(13)14/h9H,5-8,10,16H2,1-4H3,(H,13,14). The lowest BCUT2D eigenvalue weighted by molar-refractivity contribution is 0.0904. The lowest BCUT2D eigenvalue weighted by atomic mass is 10.4. The van der Waals surface area contributed by atoms with Crippen molar-refractivity contribution in [3.05, 3.63) is 11.3 Å². The number of carboxylic acid groups (broad SMARTS) is 1. The Morgan fingerprint density at radius 1 is 1.35 bits per heavy atom. The fourth-order valence-electron chi connectivity index (χ4n) is 1.74. The zero-order valence-corrected chi connectivity index (χ0v) is 14.0. The highest BCUT2D eigenvalue weighted by Gasteiger charge is 2.18. The highest BCUT2D eigenvalue weighted by atomic mass is 28.4. The Labute approximate surface area is 108 Å². The van der Waals surface area contributed by atoms with Crippen molar-refractivity contribution in [1.82, 2.24) is 0 Å². The molecule has 0 aliphatic carbocycles. The second-order valence-corrected chi connectivity index (χ2v) is 13.4. The van der Waals surface area contributed by atoms with Crippen LogP contribution in [-0.4, -0.2) is 35.5 Å². The molecule has 5 heteroatoms. The summed E-state index contributed by atoms with van der Waals surface area (Å²) in [4.78, 5) is 10.2. The Bertz CT molecular complexity index is 258. The van der Waals surface area contributed by atoms with Crippen molar-refractivity contribution in [2.45, 2.75) is 51.5 Å². The van der Waals surface area contributed by atoms with Crippen LogP contribution >= 0.6 is 0 Å². The van der Waals surface area contributed by atoms with E-state index in [0.717, 1.165) is 12.8 Å². The number of hydrogen-bond donors (Lipinski definition) is 1. The third-order valence-corrected chi connectivity index (χ3v) is 12.2. The highest BCUT2D eigenvalue weighted by Crippen LogP contribution is 2.18. The fourth-order valence-corrected chi connectivity index (χ4v) is 8.23. The van der Waals surface area contributed by atoms with Crippen molar-refractivity contribution in [2.24, 2.45) is 0 Å². The largest absolute Gasteiger partial charge is 0.505 e. The number of carbonyl (C=O) groups is 1. The van der Waals surface area contributed by atoms with Gasteiger partial charge in [0.25, 0.3) is 0 Å². The lowest BCUT2D eigenvalue weighted by Gasteiger charge is -2.21. The average Bonchev–Trinajstić information content (AvgIpc) is 2.15. The molecule has 0 unspecified atom stereocenters. The normalized spacial score (nSPS) is 11.8. The number of ether oxygens (including phenoxy) is 1. The predicted molar refractivity (Wildman–Crippen MR) is 78.3 cm³/mol. The molecule has 3 nitrogen and oxygen atoms in total. The Kier molecular flexibility index (Phi) is 8.24. The maximum atomic E-state index is 10.2. The summed E-state index contributed by atoms with van der Waals surface area (Å²) in [6.45, 7) is 9.58. The van der Waals surface area contributed by atoms with E-state index >= 15 is 0 Å². The molecule has 0 aromatic carbocycles. The molecule has 1 N–H and O–H groups in total. The minimum Gasteiger partial charge on any atom is -0.450 e. The summed E-state index contributed by atoms with van der Waals surface area (Å²) in [6, 6.07) is 1.29. The fraction of sp³-hybridized carbons (Fsp3) is 0.750. The van der Waals surface area contributed by atoms with Crippen LogP contribution in [0.15, 0.2) is 11.3 Å². The predicted octanol–water partition coefficient (Wildman–Crippen LogP) is 3.22. The summed E-state index contributed by atoms with van der Waals surface area (Å²) in [5, 5.41) is 8.33. The molecule has 0 bridgehead atoms. The molecular formula is C12H26O3Si2. The summed E-state index contributed by atoms with van der Waals surface area (Å²) in [6.07, 6.45) is 0.820. The zero-order valence-electron chi connectivity index (χ0n) is 11.6. The van der Waals surface area contributed by atoms with Crippen molar-refractivity contribution in [3.63, 3.8) is 0 Å². The minimum atomic E-state index is -1.16. The van der Waals surface area contributed by atoms with E-state index in [1.54, 1.807) is 0 Å². The molecule has 0 aliphatic rings. The molecule has 0 amide bonds. The lowest BCUT2D eigenvalue weighted by Crippen LogP contribution is -2.27.